The normalized spacial score (nSPS) is 14.7. The van der Waals surface area contributed by atoms with Crippen LogP contribution in [-0.2, 0) is 11.3 Å². The lowest BCUT2D eigenvalue weighted by Gasteiger charge is -2.27. The Labute approximate surface area is 200 Å². The first-order valence-corrected chi connectivity index (χ1v) is 11.0. The zero-order valence-electron chi connectivity index (χ0n) is 18.1. The molecule has 3 aromatic rings. The average molecular weight is 489 g/mol. The number of aromatic nitrogens is 1. The first-order valence-electron chi connectivity index (χ1n) is 10.2. The van der Waals surface area contributed by atoms with Gasteiger partial charge >= 0.3 is 5.97 Å². The van der Waals surface area contributed by atoms with Crippen LogP contribution in [0.3, 0.4) is 0 Å². The maximum absolute atomic E-state index is 12.8. The number of hydrogen-bond acceptors (Lipinski definition) is 6. The highest BCUT2D eigenvalue weighted by Gasteiger charge is 2.24. The number of aryl methyl sites for hydroxylation is 1. The third-order valence-electron chi connectivity index (χ3n) is 5.48. The van der Waals surface area contributed by atoms with Gasteiger partial charge in [0.25, 0.3) is 0 Å². The molecule has 33 heavy (non-hydrogen) atoms. The van der Waals surface area contributed by atoms with Crippen LogP contribution in [-0.4, -0.2) is 35.6 Å². The molecule has 1 aliphatic rings. The number of ether oxygens (including phenoxy) is 3. The van der Waals surface area contributed by atoms with Gasteiger partial charge in [-0.1, -0.05) is 35.3 Å². The average Bonchev–Trinajstić information content (AvgIpc) is 3.08. The molecule has 0 amide bonds. The van der Waals surface area contributed by atoms with Crippen molar-refractivity contribution in [3.05, 3.63) is 75.0 Å². The summed E-state index contributed by atoms with van der Waals surface area (Å²) in [4.78, 5) is 25.2. The summed E-state index contributed by atoms with van der Waals surface area (Å²) in [5.41, 5.74) is 8.00. The molecule has 4 rings (SSSR count). The number of Topliss-reactive ketones (excluding diaryl/α,β-unsaturated/α-hetero) is 1. The second kappa shape index (κ2) is 9.37. The first-order chi connectivity index (χ1) is 15.7. The molecule has 2 aromatic carbocycles. The standard InChI is InChI=1S/C24H22Cl2N2O5/c1-13-7-17(20(29)12-32-24(30)18-8-15(25)9-19(26)23(18)27)14(2)28(13)10-16-11-31-21-5-3-4-6-22(21)33-16/h3-9,16H,10-12,27H2,1-2H3. The van der Waals surface area contributed by atoms with Crippen molar-refractivity contribution in [2.24, 2.45) is 0 Å². The number of carbonyl (C=O) groups is 2. The monoisotopic (exact) mass is 488 g/mol. The van der Waals surface area contributed by atoms with Crippen molar-refractivity contribution >= 4 is 40.6 Å². The number of para-hydroxylation sites is 2. The van der Waals surface area contributed by atoms with Crippen LogP contribution in [0.1, 0.15) is 32.1 Å². The maximum Gasteiger partial charge on any atom is 0.340 e. The molecular formula is C24H22Cl2N2O5. The Balaban J connectivity index is 1.43. The van der Waals surface area contributed by atoms with E-state index in [4.69, 9.17) is 43.1 Å². The second-order valence-electron chi connectivity index (χ2n) is 7.74. The van der Waals surface area contributed by atoms with Crippen LogP contribution in [0.25, 0.3) is 0 Å². The van der Waals surface area contributed by atoms with Crippen molar-refractivity contribution in [1.82, 2.24) is 4.57 Å². The predicted octanol–water partition coefficient (Wildman–Crippen LogP) is 4.87. The Morgan fingerprint density at radius 1 is 1.12 bits per heavy atom. The van der Waals surface area contributed by atoms with Crippen LogP contribution in [0, 0.1) is 13.8 Å². The van der Waals surface area contributed by atoms with Gasteiger partial charge in [-0.2, -0.15) is 0 Å². The number of halogens is 2. The number of rotatable bonds is 6. The molecule has 0 bridgehead atoms. The van der Waals surface area contributed by atoms with Gasteiger partial charge in [0.05, 0.1) is 22.8 Å². The van der Waals surface area contributed by atoms with Crippen LogP contribution in [0.15, 0.2) is 42.5 Å². The van der Waals surface area contributed by atoms with Crippen LogP contribution in [0.5, 0.6) is 11.5 Å². The highest BCUT2D eigenvalue weighted by molar-refractivity contribution is 6.37. The summed E-state index contributed by atoms with van der Waals surface area (Å²) in [5.74, 6) is 0.305. The van der Waals surface area contributed by atoms with Crippen LogP contribution >= 0.6 is 23.2 Å². The molecule has 1 atom stereocenters. The van der Waals surface area contributed by atoms with Crippen LogP contribution in [0.2, 0.25) is 10.0 Å². The molecule has 2 heterocycles. The number of nitrogens with two attached hydrogens (primary N) is 1. The Morgan fingerprint density at radius 3 is 2.61 bits per heavy atom. The van der Waals surface area contributed by atoms with Gasteiger partial charge in [0.1, 0.15) is 6.61 Å². The maximum atomic E-state index is 12.8. The minimum Gasteiger partial charge on any atom is -0.486 e. The smallest absolute Gasteiger partial charge is 0.340 e. The van der Waals surface area contributed by atoms with Gasteiger partial charge in [0, 0.05) is 22.0 Å². The van der Waals surface area contributed by atoms with Crippen molar-refractivity contribution in [2.45, 2.75) is 26.5 Å². The quantitative estimate of drug-likeness (QED) is 0.302. The van der Waals surface area contributed by atoms with Gasteiger partial charge in [-0.25, -0.2) is 4.79 Å². The summed E-state index contributed by atoms with van der Waals surface area (Å²) in [5, 5.41) is 0.383. The Hall–Kier alpha value is -3.16. The number of anilines is 1. The predicted molar refractivity (Wildman–Crippen MR) is 126 cm³/mol. The molecule has 0 radical (unpaired) electrons. The minimum atomic E-state index is -0.773. The second-order valence-corrected chi connectivity index (χ2v) is 8.58. The van der Waals surface area contributed by atoms with Gasteiger partial charge in [-0.15, -0.1) is 0 Å². The Morgan fingerprint density at radius 2 is 1.85 bits per heavy atom. The molecular weight excluding hydrogens is 467 g/mol. The molecule has 9 heteroatoms. The van der Waals surface area contributed by atoms with Crippen molar-refractivity contribution in [1.29, 1.82) is 0 Å². The van der Waals surface area contributed by atoms with E-state index in [2.05, 4.69) is 0 Å². The van der Waals surface area contributed by atoms with E-state index < -0.39 is 12.6 Å². The van der Waals surface area contributed by atoms with Crippen molar-refractivity contribution < 1.29 is 23.8 Å². The van der Waals surface area contributed by atoms with E-state index in [1.165, 1.54) is 12.1 Å². The number of carbonyl (C=O) groups excluding carboxylic acids is 2. The number of fused-ring (bicyclic) bond motifs is 1. The number of ketones is 1. The zero-order chi connectivity index (χ0) is 23.7. The summed E-state index contributed by atoms with van der Waals surface area (Å²) in [6.07, 6.45) is -0.207. The molecule has 0 spiro atoms. The van der Waals surface area contributed by atoms with Crippen molar-refractivity contribution in [3.63, 3.8) is 0 Å². The fourth-order valence-electron chi connectivity index (χ4n) is 3.76. The number of benzene rings is 2. The minimum absolute atomic E-state index is 0.0144. The fraction of sp³-hybridized carbons (Fsp3) is 0.250. The van der Waals surface area contributed by atoms with Crippen molar-refractivity contribution in [3.8, 4) is 11.5 Å². The fourth-order valence-corrected chi connectivity index (χ4v) is 4.25. The van der Waals surface area contributed by atoms with Gasteiger partial charge in [0.15, 0.2) is 24.2 Å². The topological polar surface area (TPSA) is 92.8 Å². The zero-order valence-corrected chi connectivity index (χ0v) is 19.6. The van der Waals surface area contributed by atoms with E-state index in [9.17, 15) is 9.59 Å². The van der Waals surface area contributed by atoms with Crippen LogP contribution < -0.4 is 15.2 Å². The van der Waals surface area contributed by atoms with Crippen molar-refractivity contribution in [2.75, 3.05) is 18.9 Å². The van der Waals surface area contributed by atoms with E-state index in [-0.39, 0.29) is 33.2 Å². The molecule has 0 aliphatic carbocycles. The van der Waals surface area contributed by atoms with Gasteiger partial charge in [0.2, 0.25) is 5.78 Å². The summed E-state index contributed by atoms with van der Waals surface area (Å²) < 4.78 is 19.0. The molecule has 172 valence electrons. The molecule has 1 unspecified atom stereocenters. The summed E-state index contributed by atoms with van der Waals surface area (Å²) >= 11 is 11.9. The number of nitrogens with zero attached hydrogens (tertiary/aromatic N) is 1. The molecule has 7 nitrogen and oxygen atoms in total. The van der Waals surface area contributed by atoms with E-state index in [0.29, 0.717) is 30.2 Å². The molecule has 2 N–H and O–H groups in total. The number of hydrogen-bond donors (Lipinski definition) is 1. The Kier molecular flexibility index (Phi) is 6.54. The number of nitrogen functional groups attached to an aromatic ring is 1. The van der Waals surface area contributed by atoms with E-state index in [1.807, 2.05) is 42.7 Å². The lowest BCUT2D eigenvalue weighted by molar-refractivity contribution is 0.0475. The van der Waals surface area contributed by atoms with E-state index in [1.54, 1.807) is 6.07 Å². The lowest BCUT2D eigenvalue weighted by Crippen LogP contribution is -2.33. The summed E-state index contributed by atoms with van der Waals surface area (Å²) in [7, 11) is 0. The third kappa shape index (κ3) is 4.79. The Bertz CT molecular complexity index is 1240. The van der Waals surface area contributed by atoms with Gasteiger partial charge in [-0.3, -0.25) is 4.79 Å². The summed E-state index contributed by atoms with van der Waals surface area (Å²) in [6, 6.07) is 12.1. The van der Waals surface area contributed by atoms with Crippen LogP contribution in [0.4, 0.5) is 5.69 Å². The third-order valence-corrected chi connectivity index (χ3v) is 6.01. The first kappa shape index (κ1) is 23.0. The molecule has 0 saturated carbocycles. The highest BCUT2D eigenvalue weighted by Crippen LogP contribution is 2.32. The van der Waals surface area contributed by atoms with E-state index >= 15 is 0 Å². The summed E-state index contributed by atoms with van der Waals surface area (Å²) in [6.45, 7) is 4.22. The SMILES string of the molecule is Cc1cc(C(=O)COC(=O)c2cc(Cl)cc(Cl)c2N)c(C)n1CC1COc2ccccc2O1. The molecule has 1 aromatic heterocycles. The molecule has 1 aliphatic heterocycles. The van der Waals surface area contributed by atoms with Gasteiger partial charge < -0.3 is 24.5 Å². The molecule has 0 saturated heterocycles. The largest absolute Gasteiger partial charge is 0.486 e. The number of esters is 1. The molecule has 0 fully saturated rings. The highest BCUT2D eigenvalue weighted by atomic mass is 35.5. The van der Waals surface area contributed by atoms with E-state index in [0.717, 1.165) is 11.4 Å². The lowest BCUT2D eigenvalue weighted by atomic mass is 10.1. The van der Waals surface area contributed by atoms with Gasteiger partial charge in [-0.05, 0) is 44.2 Å².